The summed E-state index contributed by atoms with van der Waals surface area (Å²) in [6.07, 6.45) is 0. The third-order valence-corrected chi connectivity index (χ3v) is 2.75. The van der Waals surface area contributed by atoms with E-state index in [1.165, 1.54) is 0 Å². The second-order valence-corrected chi connectivity index (χ2v) is 4.31. The molecule has 2 aromatic rings. The number of hydrogen-bond acceptors (Lipinski definition) is 3. The molecule has 3 N–H and O–H groups in total. The normalized spacial score (nSPS) is 12.1. The highest BCUT2D eigenvalue weighted by molar-refractivity contribution is 5.30. The molecule has 2 rings (SSSR count). The van der Waals surface area contributed by atoms with Crippen LogP contribution in [0.2, 0.25) is 0 Å². The van der Waals surface area contributed by atoms with Gasteiger partial charge in [-0.15, -0.1) is 0 Å². The van der Waals surface area contributed by atoms with Gasteiger partial charge in [0.25, 0.3) is 0 Å². The van der Waals surface area contributed by atoms with E-state index in [4.69, 9.17) is 10.5 Å². The quantitative estimate of drug-likeness (QED) is 0.868. The number of ether oxygens (including phenoxy) is 1. The van der Waals surface area contributed by atoms with Crippen LogP contribution in [0.4, 0.5) is 0 Å². The third-order valence-electron chi connectivity index (χ3n) is 2.75. The van der Waals surface area contributed by atoms with Gasteiger partial charge in [-0.2, -0.15) is 0 Å². The summed E-state index contributed by atoms with van der Waals surface area (Å²) in [5, 5.41) is 9.17. The van der Waals surface area contributed by atoms with Crippen LogP contribution in [-0.4, -0.2) is 5.11 Å². The second-order valence-electron chi connectivity index (χ2n) is 4.31. The first kappa shape index (κ1) is 12.5. The molecule has 0 spiro atoms. The first-order valence-corrected chi connectivity index (χ1v) is 5.91. The van der Waals surface area contributed by atoms with Crippen molar-refractivity contribution in [2.45, 2.75) is 19.6 Å². The first-order chi connectivity index (χ1) is 8.65. The molecule has 0 bridgehead atoms. The van der Waals surface area contributed by atoms with E-state index in [-0.39, 0.29) is 11.8 Å². The predicted octanol–water partition coefficient (Wildman–Crippen LogP) is 2.99. The maximum Gasteiger partial charge on any atom is 0.119 e. The van der Waals surface area contributed by atoms with Crippen molar-refractivity contribution in [3.63, 3.8) is 0 Å². The summed E-state index contributed by atoms with van der Waals surface area (Å²) >= 11 is 0. The Morgan fingerprint density at radius 2 is 1.67 bits per heavy atom. The average Bonchev–Trinajstić information content (AvgIpc) is 2.38. The minimum Gasteiger partial charge on any atom is -0.508 e. The van der Waals surface area contributed by atoms with Crippen molar-refractivity contribution >= 4 is 0 Å². The van der Waals surface area contributed by atoms with E-state index in [0.717, 1.165) is 16.9 Å². The minimum atomic E-state index is 0.0381. The summed E-state index contributed by atoms with van der Waals surface area (Å²) in [5.41, 5.74) is 7.89. The fraction of sp³-hybridized carbons (Fsp3) is 0.200. The second kappa shape index (κ2) is 5.56. The third kappa shape index (κ3) is 3.25. The topological polar surface area (TPSA) is 55.5 Å². The van der Waals surface area contributed by atoms with E-state index in [9.17, 15) is 5.11 Å². The Kier molecular flexibility index (Phi) is 3.85. The SMILES string of the molecule is CC(N)c1ccc(OCc2ccc(O)cc2)cc1. The summed E-state index contributed by atoms with van der Waals surface area (Å²) < 4.78 is 5.64. The summed E-state index contributed by atoms with van der Waals surface area (Å²) in [7, 11) is 0. The highest BCUT2D eigenvalue weighted by Gasteiger charge is 2.00. The summed E-state index contributed by atoms with van der Waals surface area (Å²) in [6, 6.07) is 14.8. The van der Waals surface area contributed by atoms with E-state index < -0.39 is 0 Å². The molecule has 18 heavy (non-hydrogen) atoms. The number of aromatic hydroxyl groups is 1. The Hall–Kier alpha value is -2.00. The smallest absolute Gasteiger partial charge is 0.119 e. The van der Waals surface area contributed by atoms with Gasteiger partial charge in [-0.1, -0.05) is 24.3 Å². The molecular weight excluding hydrogens is 226 g/mol. The monoisotopic (exact) mass is 243 g/mol. The molecule has 1 atom stereocenters. The first-order valence-electron chi connectivity index (χ1n) is 5.91. The molecule has 94 valence electrons. The van der Waals surface area contributed by atoms with Gasteiger partial charge in [-0.3, -0.25) is 0 Å². The number of phenols is 1. The van der Waals surface area contributed by atoms with Gasteiger partial charge >= 0.3 is 0 Å². The molecule has 0 heterocycles. The van der Waals surface area contributed by atoms with Crippen LogP contribution in [0.25, 0.3) is 0 Å². The predicted molar refractivity (Wildman–Crippen MR) is 71.5 cm³/mol. The molecule has 0 aliphatic rings. The Labute approximate surface area is 107 Å². The molecule has 1 unspecified atom stereocenters. The largest absolute Gasteiger partial charge is 0.508 e. The molecule has 0 fully saturated rings. The van der Waals surface area contributed by atoms with Gasteiger partial charge < -0.3 is 15.6 Å². The van der Waals surface area contributed by atoms with Crippen LogP contribution in [0.1, 0.15) is 24.1 Å². The van der Waals surface area contributed by atoms with Crippen LogP contribution in [0, 0.1) is 0 Å². The molecule has 2 aromatic carbocycles. The van der Waals surface area contributed by atoms with Crippen molar-refractivity contribution in [3.05, 3.63) is 59.7 Å². The van der Waals surface area contributed by atoms with Gasteiger partial charge in [0.2, 0.25) is 0 Å². The van der Waals surface area contributed by atoms with Gasteiger partial charge in [0.1, 0.15) is 18.1 Å². The van der Waals surface area contributed by atoms with E-state index in [1.807, 2.05) is 43.3 Å². The van der Waals surface area contributed by atoms with Crippen LogP contribution in [-0.2, 0) is 6.61 Å². The Morgan fingerprint density at radius 1 is 1.06 bits per heavy atom. The lowest BCUT2D eigenvalue weighted by Crippen LogP contribution is -2.04. The van der Waals surface area contributed by atoms with Crippen LogP contribution in [0.5, 0.6) is 11.5 Å². The molecule has 3 heteroatoms. The van der Waals surface area contributed by atoms with Crippen molar-refractivity contribution in [3.8, 4) is 11.5 Å². The standard InChI is InChI=1S/C15H17NO2/c1-11(16)13-4-8-15(9-5-13)18-10-12-2-6-14(17)7-3-12/h2-9,11,17H,10,16H2,1H3. The van der Waals surface area contributed by atoms with E-state index in [1.54, 1.807) is 12.1 Å². The van der Waals surface area contributed by atoms with Gasteiger partial charge in [0, 0.05) is 6.04 Å². The number of benzene rings is 2. The lowest BCUT2D eigenvalue weighted by atomic mass is 10.1. The zero-order chi connectivity index (χ0) is 13.0. The van der Waals surface area contributed by atoms with Crippen LogP contribution in [0.15, 0.2) is 48.5 Å². The molecular formula is C15H17NO2. The number of hydrogen-bond donors (Lipinski definition) is 2. The maximum atomic E-state index is 9.17. The van der Waals surface area contributed by atoms with Gasteiger partial charge in [0.05, 0.1) is 0 Å². The van der Waals surface area contributed by atoms with Crippen molar-refractivity contribution in [1.29, 1.82) is 0 Å². The number of rotatable bonds is 4. The van der Waals surface area contributed by atoms with Gasteiger partial charge in [-0.25, -0.2) is 0 Å². The number of phenolic OH excluding ortho intramolecular Hbond substituents is 1. The fourth-order valence-electron chi connectivity index (χ4n) is 1.63. The van der Waals surface area contributed by atoms with Crippen LogP contribution in [0.3, 0.4) is 0 Å². The summed E-state index contributed by atoms with van der Waals surface area (Å²) in [5.74, 6) is 1.08. The summed E-state index contributed by atoms with van der Waals surface area (Å²) in [6.45, 7) is 2.43. The van der Waals surface area contributed by atoms with Crippen LogP contribution < -0.4 is 10.5 Å². The minimum absolute atomic E-state index is 0.0381. The molecule has 0 saturated heterocycles. The van der Waals surface area contributed by atoms with Crippen molar-refractivity contribution in [1.82, 2.24) is 0 Å². The molecule has 3 nitrogen and oxygen atoms in total. The van der Waals surface area contributed by atoms with Crippen molar-refractivity contribution < 1.29 is 9.84 Å². The van der Waals surface area contributed by atoms with Crippen LogP contribution >= 0.6 is 0 Å². The molecule has 0 amide bonds. The maximum absolute atomic E-state index is 9.17. The van der Waals surface area contributed by atoms with Gasteiger partial charge in [-0.05, 0) is 42.3 Å². The lowest BCUT2D eigenvalue weighted by Gasteiger charge is -2.09. The lowest BCUT2D eigenvalue weighted by molar-refractivity contribution is 0.306. The zero-order valence-electron chi connectivity index (χ0n) is 10.3. The highest BCUT2D eigenvalue weighted by Crippen LogP contribution is 2.18. The Balaban J connectivity index is 1.95. The fourth-order valence-corrected chi connectivity index (χ4v) is 1.63. The van der Waals surface area contributed by atoms with Gasteiger partial charge in [0.15, 0.2) is 0 Å². The molecule has 0 radical (unpaired) electrons. The average molecular weight is 243 g/mol. The number of nitrogens with two attached hydrogens (primary N) is 1. The highest BCUT2D eigenvalue weighted by atomic mass is 16.5. The molecule has 0 aliphatic heterocycles. The van der Waals surface area contributed by atoms with Crippen molar-refractivity contribution in [2.24, 2.45) is 5.73 Å². The van der Waals surface area contributed by atoms with E-state index >= 15 is 0 Å². The molecule has 0 aromatic heterocycles. The van der Waals surface area contributed by atoms with Crippen molar-refractivity contribution in [2.75, 3.05) is 0 Å². The Morgan fingerprint density at radius 3 is 2.22 bits per heavy atom. The Bertz CT molecular complexity index is 489. The zero-order valence-corrected chi connectivity index (χ0v) is 10.3. The van der Waals surface area contributed by atoms with E-state index in [2.05, 4.69) is 0 Å². The molecule has 0 saturated carbocycles. The summed E-state index contributed by atoms with van der Waals surface area (Å²) in [4.78, 5) is 0. The van der Waals surface area contributed by atoms with E-state index in [0.29, 0.717) is 6.61 Å². The molecule has 0 aliphatic carbocycles.